The molecule has 0 bridgehead atoms. The van der Waals surface area contributed by atoms with E-state index >= 15 is 0 Å². The van der Waals surface area contributed by atoms with E-state index in [9.17, 15) is 14.4 Å². The van der Waals surface area contributed by atoms with Gasteiger partial charge in [0.25, 0.3) is 0 Å². The molecule has 0 radical (unpaired) electrons. The highest BCUT2D eigenvalue weighted by atomic mass is 16.4. The summed E-state index contributed by atoms with van der Waals surface area (Å²) in [5.41, 5.74) is 5.11. The number of likely N-dealkylation sites (tertiary alicyclic amines) is 1. The Kier molecular flexibility index (Phi) is 5.08. The molecule has 1 aliphatic rings. The number of nitrogens with zero attached hydrogens (tertiary/aromatic N) is 1. The molecule has 0 aliphatic carbocycles. The van der Waals surface area contributed by atoms with Gasteiger partial charge < -0.3 is 21.1 Å². The molecule has 0 aromatic carbocycles. The van der Waals surface area contributed by atoms with Crippen LogP contribution in [0.2, 0.25) is 0 Å². The van der Waals surface area contributed by atoms with Gasteiger partial charge >= 0.3 is 5.97 Å². The van der Waals surface area contributed by atoms with Gasteiger partial charge in [-0.1, -0.05) is 0 Å². The van der Waals surface area contributed by atoms with Gasteiger partial charge in [0.15, 0.2) is 0 Å². The zero-order valence-electron chi connectivity index (χ0n) is 10.4. The Bertz CT molecular complexity index is 345. The molecule has 0 spiro atoms. The van der Waals surface area contributed by atoms with Crippen molar-refractivity contribution >= 4 is 17.8 Å². The highest BCUT2D eigenvalue weighted by Gasteiger charge is 2.31. The molecule has 7 nitrogen and oxygen atoms in total. The summed E-state index contributed by atoms with van der Waals surface area (Å²) in [5.74, 6) is -1.78. The van der Waals surface area contributed by atoms with Crippen molar-refractivity contribution in [1.29, 1.82) is 0 Å². The Balaban J connectivity index is 2.45. The van der Waals surface area contributed by atoms with Crippen LogP contribution in [0.25, 0.3) is 0 Å². The Morgan fingerprint density at radius 3 is 2.61 bits per heavy atom. The van der Waals surface area contributed by atoms with Crippen LogP contribution in [0, 0.1) is 5.92 Å². The van der Waals surface area contributed by atoms with E-state index in [4.69, 9.17) is 10.8 Å². The molecule has 102 valence electrons. The predicted molar refractivity (Wildman–Crippen MR) is 63.6 cm³/mol. The number of carbonyl (C=O) groups is 3. The number of rotatable bonds is 4. The zero-order chi connectivity index (χ0) is 13.7. The van der Waals surface area contributed by atoms with E-state index in [2.05, 4.69) is 5.32 Å². The fourth-order valence-corrected chi connectivity index (χ4v) is 2.11. The number of hydrogen-bond acceptors (Lipinski definition) is 4. The van der Waals surface area contributed by atoms with Crippen molar-refractivity contribution in [2.24, 2.45) is 11.7 Å². The molecule has 7 heteroatoms. The second-order valence-electron chi connectivity index (χ2n) is 4.48. The third-order valence-corrected chi connectivity index (χ3v) is 3.17. The summed E-state index contributed by atoms with van der Waals surface area (Å²) in [4.78, 5) is 35.2. The molecular formula is C11H19N3O4. The lowest BCUT2D eigenvalue weighted by Gasteiger charge is -2.36. The highest BCUT2D eigenvalue weighted by molar-refractivity contribution is 5.85. The molecule has 2 atom stereocenters. The molecule has 0 saturated carbocycles. The summed E-state index contributed by atoms with van der Waals surface area (Å²) in [6.07, 6.45) is 0.905. The van der Waals surface area contributed by atoms with E-state index in [1.54, 1.807) is 4.90 Å². The summed E-state index contributed by atoms with van der Waals surface area (Å²) in [6, 6.07) is -0.123. The molecule has 2 amide bonds. The largest absolute Gasteiger partial charge is 0.481 e. The van der Waals surface area contributed by atoms with Crippen molar-refractivity contribution in [3.8, 4) is 0 Å². The maximum Gasteiger partial charge on any atom is 0.306 e. The minimum atomic E-state index is -0.814. The second kappa shape index (κ2) is 6.34. The quantitative estimate of drug-likeness (QED) is 0.584. The standard InChI is InChI=1S/C11H19N3O4/c1-7-4-8(11(17)18)2-3-14(7)10(16)6-13-9(15)5-12/h7-8H,2-6,12H2,1H3,(H,13,15)(H,17,18). The van der Waals surface area contributed by atoms with Crippen LogP contribution in [0.3, 0.4) is 0 Å². The van der Waals surface area contributed by atoms with E-state index in [1.807, 2.05) is 6.92 Å². The lowest BCUT2D eigenvalue weighted by molar-refractivity contribution is -0.147. The van der Waals surface area contributed by atoms with Crippen LogP contribution in [0.4, 0.5) is 0 Å². The average molecular weight is 257 g/mol. The summed E-state index contributed by atoms with van der Waals surface area (Å²) < 4.78 is 0. The minimum absolute atomic E-state index is 0.0852. The van der Waals surface area contributed by atoms with Crippen molar-refractivity contribution in [3.05, 3.63) is 0 Å². The maximum absolute atomic E-state index is 11.8. The second-order valence-corrected chi connectivity index (χ2v) is 4.48. The Morgan fingerprint density at radius 1 is 1.44 bits per heavy atom. The van der Waals surface area contributed by atoms with Crippen LogP contribution >= 0.6 is 0 Å². The van der Waals surface area contributed by atoms with Crippen molar-refractivity contribution in [1.82, 2.24) is 10.2 Å². The lowest BCUT2D eigenvalue weighted by Crippen LogP contribution is -2.50. The first kappa shape index (κ1) is 14.4. The summed E-state index contributed by atoms with van der Waals surface area (Å²) in [5, 5.41) is 11.3. The molecule has 2 unspecified atom stereocenters. The zero-order valence-corrected chi connectivity index (χ0v) is 10.4. The van der Waals surface area contributed by atoms with Crippen molar-refractivity contribution < 1.29 is 19.5 Å². The molecular weight excluding hydrogens is 238 g/mol. The van der Waals surface area contributed by atoms with Gasteiger partial charge in [0, 0.05) is 12.6 Å². The fraction of sp³-hybridized carbons (Fsp3) is 0.727. The van der Waals surface area contributed by atoms with Crippen LogP contribution in [-0.4, -0.2) is 53.5 Å². The predicted octanol–water partition coefficient (Wildman–Crippen LogP) is -1.23. The van der Waals surface area contributed by atoms with E-state index < -0.39 is 5.97 Å². The minimum Gasteiger partial charge on any atom is -0.481 e. The Morgan fingerprint density at radius 2 is 2.11 bits per heavy atom. The summed E-state index contributed by atoms with van der Waals surface area (Å²) in [6.45, 7) is 2.00. The van der Waals surface area contributed by atoms with Crippen molar-refractivity contribution in [2.75, 3.05) is 19.6 Å². The number of nitrogens with two attached hydrogens (primary N) is 1. The molecule has 1 heterocycles. The van der Waals surface area contributed by atoms with Gasteiger partial charge in [0.05, 0.1) is 19.0 Å². The molecule has 1 fully saturated rings. The molecule has 1 aliphatic heterocycles. The van der Waals surface area contributed by atoms with Gasteiger partial charge in [0.2, 0.25) is 11.8 Å². The average Bonchev–Trinajstić information content (AvgIpc) is 2.35. The number of carbonyl (C=O) groups excluding carboxylic acids is 2. The van der Waals surface area contributed by atoms with E-state index in [1.165, 1.54) is 0 Å². The van der Waals surface area contributed by atoms with Crippen LogP contribution in [0.15, 0.2) is 0 Å². The van der Waals surface area contributed by atoms with Gasteiger partial charge in [0.1, 0.15) is 0 Å². The number of aliphatic carboxylic acids is 1. The molecule has 18 heavy (non-hydrogen) atoms. The topological polar surface area (TPSA) is 113 Å². The first-order valence-electron chi connectivity index (χ1n) is 5.94. The maximum atomic E-state index is 11.8. The lowest BCUT2D eigenvalue weighted by atomic mass is 9.92. The van der Waals surface area contributed by atoms with E-state index in [0.717, 1.165) is 0 Å². The van der Waals surface area contributed by atoms with Gasteiger partial charge in [-0.05, 0) is 19.8 Å². The fourth-order valence-electron chi connectivity index (χ4n) is 2.11. The first-order valence-corrected chi connectivity index (χ1v) is 5.94. The van der Waals surface area contributed by atoms with Crippen LogP contribution in [0.5, 0.6) is 0 Å². The third kappa shape index (κ3) is 3.69. The molecule has 0 aromatic heterocycles. The third-order valence-electron chi connectivity index (χ3n) is 3.17. The number of carboxylic acid groups (broad SMARTS) is 1. The summed E-state index contributed by atoms with van der Waals surface area (Å²) >= 11 is 0. The number of nitrogens with one attached hydrogen (secondary N) is 1. The number of amides is 2. The smallest absolute Gasteiger partial charge is 0.306 e. The van der Waals surface area contributed by atoms with E-state index in [-0.39, 0.29) is 36.9 Å². The van der Waals surface area contributed by atoms with Gasteiger partial charge in [-0.2, -0.15) is 0 Å². The monoisotopic (exact) mass is 257 g/mol. The number of carboxylic acids is 1. The van der Waals surface area contributed by atoms with Crippen LogP contribution in [0.1, 0.15) is 19.8 Å². The van der Waals surface area contributed by atoms with Gasteiger partial charge in [-0.25, -0.2) is 0 Å². The van der Waals surface area contributed by atoms with Crippen LogP contribution < -0.4 is 11.1 Å². The number of piperidine rings is 1. The summed E-state index contributed by atoms with van der Waals surface area (Å²) in [7, 11) is 0. The van der Waals surface area contributed by atoms with Crippen LogP contribution in [-0.2, 0) is 14.4 Å². The number of hydrogen-bond donors (Lipinski definition) is 3. The van der Waals surface area contributed by atoms with Gasteiger partial charge in [-0.15, -0.1) is 0 Å². The van der Waals surface area contributed by atoms with Crippen molar-refractivity contribution in [3.63, 3.8) is 0 Å². The SMILES string of the molecule is CC1CC(C(=O)O)CCN1C(=O)CNC(=O)CN. The van der Waals surface area contributed by atoms with E-state index in [0.29, 0.717) is 19.4 Å². The molecule has 1 rings (SSSR count). The molecule has 0 aromatic rings. The Labute approximate surface area is 105 Å². The molecule has 1 saturated heterocycles. The molecule has 4 N–H and O–H groups in total. The highest BCUT2D eigenvalue weighted by Crippen LogP contribution is 2.22. The Hall–Kier alpha value is -1.63. The first-order chi connectivity index (χ1) is 8.45. The van der Waals surface area contributed by atoms with Gasteiger partial charge in [-0.3, -0.25) is 14.4 Å². The van der Waals surface area contributed by atoms with Crippen molar-refractivity contribution in [2.45, 2.75) is 25.8 Å². The normalized spacial score (nSPS) is 23.6.